The van der Waals surface area contributed by atoms with Crippen molar-refractivity contribution in [3.63, 3.8) is 0 Å². The van der Waals surface area contributed by atoms with Crippen LogP contribution in [-0.4, -0.2) is 35.6 Å². The van der Waals surface area contributed by atoms with Gasteiger partial charge in [0.15, 0.2) is 0 Å². The molecule has 0 saturated carbocycles. The van der Waals surface area contributed by atoms with Crippen molar-refractivity contribution in [1.29, 1.82) is 0 Å². The van der Waals surface area contributed by atoms with E-state index in [9.17, 15) is 10.2 Å². The van der Waals surface area contributed by atoms with Gasteiger partial charge in [0.1, 0.15) is 0 Å². The molecule has 0 amide bonds. The summed E-state index contributed by atoms with van der Waals surface area (Å²) in [6.07, 6.45) is 77.8. The summed E-state index contributed by atoms with van der Waals surface area (Å²) in [5.74, 6) is 0.453. The molecule has 3 nitrogen and oxygen atoms in total. The van der Waals surface area contributed by atoms with Crippen LogP contribution in [0.5, 0.6) is 0 Å². The van der Waals surface area contributed by atoms with Gasteiger partial charge in [-0.15, -0.1) is 0 Å². The van der Waals surface area contributed by atoms with Gasteiger partial charge in [0.05, 0.1) is 25.4 Å². The Morgan fingerprint density at radius 1 is 0.197 bits per heavy atom. The molecule has 0 aromatic rings. The maximum Gasteiger partial charge on any atom is 0.0590 e. The van der Waals surface area contributed by atoms with Gasteiger partial charge < -0.3 is 14.9 Å². The van der Waals surface area contributed by atoms with E-state index in [-0.39, 0.29) is 24.0 Å². The highest BCUT2D eigenvalue weighted by atomic mass is 16.5. The lowest BCUT2D eigenvalue weighted by molar-refractivity contribution is -0.0202. The Balaban J connectivity index is 4.98. The van der Waals surface area contributed by atoms with Gasteiger partial charge in [-0.1, -0.05) is 374 Å². The van der Waals surface area contributed by atoms with Crippen LogP contribution < -0.4 is 0 Å². The summed E-state index contributed by atoms with van der Waals surface area (Å²) in [6, 6.07) is 0. The average Bonchev–Trinajstić information content (AvgIpc) is 3.37. The first kappa shape index (κ1) is 70.9. The summed E-state index contributed by atoms with van der Waals surface area (Å²) >= 11 is 0. The van der Waals surface area contributed by atoms with E-state index in [1.807, 2.05) is 0 Å². The molecule has 0 aromatic carbocycles. The van der Waals surface area contributed by atoms with Gasteiger partial charge in [-0.05, 0) is 25.7 Å². The highest BCUT2D eigenvalue weighted by molar-refractivity contribution is 4.73. The lowest BCUT2D eigenvalue weighted by Gasteiger charge is -2.27. The second-order valence-corrected chi connectivity index (χ2v) is 24.0. The first-order valence-electron chi connectivity index (χ1n) is 34.0. The fraction of sp³-hybridized carbons (Fsp3) is 1.00. The molecule has 0 aliphatic rings. The van der Waals surface area contributed by atoms with E-state index in [1.165, 1.54) is 334 Å². The van der Waals surface area contributed by atoms with Crippen LogP contribution >= 0.6 is 0 Å². The number of aliphatic hydroxyl groups excluding tert-OH is 2. The first-order valence-corrected chi connectivity index (χ1v) is 34.0. The molecule has 4 unspecified atom stereocenters. The molecule has 0 heterocycles. The van der Waals surface area contributed by atoms with Crippen LogP contribution in [0.4, 0.5) is 0 Å². The fourth-order valence-electron chi connectivity index (χ4n) is 11.6. The van der Waals surface area contributed by atoms with Crippen molar-refractivity contribution < 1.29 is 14.9 Å². The van der Waals surface area contributed by atoms with Crippen LogP contribution in [0.15, 0.2) is 0 Å². The van der Waals surface area contributed by atoms with Crippen molar-refractivity contribution in [3.8, 4) is 0 Å². The Morgan fingerprint density at radius 2 is 0.338 bits per heavy atom. The molecule has 0 fully saturated rings. The Kier molecular flexibility index (Phi) is 62.3. The fourth-order valence-corrected chi connectivity index (χ4v) is 11.6. The Bertz CT molecular complexity index is 850. The molecule has 4 atom stereocenters. The molecule has 0 spiro atoms. The van der Waals surface area contributed by atoms with Gasteiger partial charge >= 0.3 is 0 Å². The predicted octanol–water partition coefficient (Wildman–Crippen LogP) is 23.7. The number of hydrogen-bond acceptors (Lipinski definition) is 3. The number of unbranched alkanes of at least 4 members (excludes halogenated alkanes) is 50. The third-order valence-corrected chi connectivity index (χ3v) is 16.8. The quantitative estimate of drug-likeness (QED) is 0.0597. The largest absolute Gasteiger partial charge is 0.393 e. The zero-order chi connectivity index (χ0) is 51.4. The van der Waals surface area contributed by atoms with Crippen molar-refractivity contribution in [2.45, 2.75) is 412 Å². The predicted molar refractivity (Wildman–Crippen MR) is 320 cm³/mol. The standard InChI is InChI=1S/C68H138O3/c1-5-9-13-17-21-25-29-33-37-39-43-47-51-55-59-65(67(69)61-57-53-49-45-41-35-31-27-23-19-15-11-7-3)63-71-64-66(60-56-52-48-44-40-38-34-30-26-22-18-14-10-6-2)68(70)62-58-54-50-46-42-36-32-28-24-20-16-12-8-4/h65-70H,5-64H2,1-4H3. The van der Waals surface area contributed by atoms with Crippen LogP contribution in [-0.2, 0) is 4.74 Å². The van der Waals surface area contributed by atoms with E-state index >= 15 is 0 Å². The molecular formula is C68H138O3. The van der Waals surface area contributed by atoms with E-state index in [4.69, 9.17) is 4.74 Å². The summed E-state index contributed by atoms with van der Waals surface area (Å²) in [7, 11) is 0. The maximum absolute atomic E-state index is 11.7. The molecule has 3 heteroatoms. The average molecular weight is 1000 g/mol. The molecule has 0 radical (unpaired) electrons. The monoisotopic (exact) mass is 1000 g/mol. The third-order valence-electron chi connectivity index (χ3n) is 16.8. The van der Waals surface area contributed by atoms with Crippen LogP contribution in [0.2, 0.25) is 0 Å². The summed E-state index contributed by atoms with van der Waals surface area (Å²) in [5.41, 5.74) is 0. The van der Waals surface area contributed by atoms with Crippen LogP contribution in [0, 0.1) is 11.8 Å². The second-order valence-electron chi connectivity index (χ2n) is 24.0. The van der Waals surface area contributed by atoms with Gasteiger partial charge in [-0.3, -0.25) is 0 Å². The highest BCUT2D eigenvalue weighted by Gasteiger charge is 2.23. The van der Waals surface area contributed by atoms with Gasteiger partial charge in [-0.2, -0.15) is 0 Å². The summed E-state index contributed by atoms with van der Waals surface area (Å²) < 4.78 is 6.66. The van der Waals surface area contributed by atoms with E-state index in [2.05, 4.69) is 27.7 Å². The number of aliphatic hydroxyl groups is 2. The third kappa shape index (κ3) is 55.9. The minimum Gasteiger partial charge on any atom is -0.393 e. The van der Waals surface area contributed by atoms with Crippen LogP contribution in [0.1, 0.15) is 400 Å². The molecule has 0 saturated heterocycles. The van der Waals surface area contributed by atoms with Gasteiger partial charge in [-0.25, -0.2) is 0 Å². The van der Waals surface area contributed by atoms with Gasteiger partial charge in [0, 0.05) is 11.8 Å². The number of ether oxygens (including phenoxy) is 1. The topological polar surface area (TPSA) is 49.7 Å². The molecule has 0 rings (SSSR count). The van der Waals surface area contributed by atoms with E-state index in [1.54, 1.807) is 0 Å². The van der Waals surface area contributed by atoms with Crippen molar-refractivity contribution in [2.75, 3.05) is 13.2 Å². The molecule has 428 valence electrons. The smallest absolute Gasteiger partial charge is 0.0590 e. The normalized spacial score (nSPS) is 13.6. The molecule has 0 aliphatic carbocycles. The van der Waals surface area contributed by atoms with E-state index in [0.717, 1.165) is 38.5 Å². The number of hydrogen-bond donors (Lipinski definition) is 2. The highest BCUT2D eigenvalue weighted by Crippen LogP contribution is 2.25. The van der Waals surface area contributed by atoms with Crippen molar-refractivity contribution >= 4 is 0 Å². The Labute approximate surface area is 450 Å². The second kappa shape index (κ2) is 62.4. The molecule has 0 aromatic heterocycles. The van der Waals surface area contributed by atoms with Gasteiger partial charge in [0.2, 0.25) is 0 Å². The minimum absolute atomic E-state index is 0.226. The van der Waals surface area contributed by atoms with E-state index < -0.39 is 0 Å². The van der Waals surface area contributed by atoms with Crippen molar-refractivity contribution in [1.82, 2.24) is 0 Å². The SMILES string of the molecule is CCCCCCCCCCCCCCCCC(COCC(CCCCCCCCCCCCCCCC)C(O)CCCCCCCCCCCCCCC)C(O)CCCCCCCCCCCCCCC. The van der Waals surface area contributed by atoms with E-state index in [0.29, 0.717) is 13.2 Å². The molecule has 2 N–H and O–H groups in total. The van der Waals surface area contributed by atoms with Crippen LogP contribution in [0.25, 0.3) is 0 Å². The molecule has 71 heavy (non-hydrogen) atoms. The molecule has 0 aliphatic heterocycles. The summed E-state index contributed by atoms with van der Waals surface area (Å²) in [4.78, 5) is 0. The van der Waals surface area contributed by atoms with Crippen molar-refractivity contribution in [2.24, 2.45) is 11.8 Å². The zero-order valence-corrected chi connectivity index (χ0v) is 50.0. The Morgan fingerprint density at radius 3 is 0.507 bits per heavy atom. The maximum atomic E-state index is 11.7. The van der Waals surface area contributed by atoms with Crippen LogP contribution in [0.3, 0.4) is 0 Å². The lowest BCUT2D eigenvalue weighted by Crippen LogP contribution is -2.29. The summed E-state index contributed by atoms with van der Waals surface area (Å²) in [5, 5.41) is 23.3. The molecular weight excluding hydrogens is 865 g/mol. The Hall–Kier alpha value is -0.120. The lowest BCUT2D eigenvalue weighted by atomic mass is 9.91. The number of rotatable bonds is 64. The van der Waals surface area contributed by atoms with Gasteiger partial charge in [0.25, 0.3) is 0 Å². The first-order chi connectivity index (χ1) is 35.1. The molecule has 0 bridgehead atoms. The minimum atomic E-state index is -0.260. The summed E-state index contributed by atoms with van der Waals surface area (Å²) in [6.45, 7) is 10.6. The van der Waals surface area contributed by atoms with Crippen molar-refractivity contribution in [3.05, 3.63) is 0 Å². The zero-order valence-electron chi connectivity index (χ0n) is 50.0.